The highest BCUT2D eigenvalue weighted by atomic mass is 32.2. The van der Waals surface area contributed by atoms with E-state index in [2.05, 4.69) is 10.1 Å². The molecule has 8 heteroatoms. The first kappa shape index (κ1) is 19.5. The number of piperidine rings is 1. The van der Waals surface area contributed by atoms with Gasteiger partial charge in [0.25, 0.3) is 5.91 Å². The van der Waals surface area contributed by atoms with Crippen molar-refractivity contribution in [2.45, 2.75) is 50.3 Å². The molecule has 2 aromatic heterocycles. The average Bonchev–Trinajstić information content (AvgIpc) is 3.02. The Labute approximate surface area is 159 Å². The number of aryl methyl sites for hydroxylation is 1. The highest BCUT2D eigenvalue weighted by Crippen LogP contribution is 2.32. The van der Waals surface area contributed by atoms with Gasteiger partial charge in [-0.05, 0) is 37.8 Å². The summed E-state index contributed by atoms with van der Waals surface area (Å²) in [6, 6.07) is 3.24. The number of aromatic nitrogens is 2. The van der Waals surface area contributed by atoms with Crippen molar-refractivity contribution in [1.82, 2.24) is 15.0 Å². The first-order valence-corrected chi connectivity index (χ1v) is 11.0. The fourth-order valence-corrected chi connectivity index (χ4v) is 4.51. The molecule has 0 aromatic carbocycles. The molecule has 1 amide bonds. The van der Waals surface area contributed by atoms with Crippen molar-refractivity contribution >= 4 is 15.7 Å². The van der Waals surface area contributed by atoms with Crippen LogP contribution < -0.4 is 0 Å². The smallest absolute Gasteiger partial charge is 0.259 e. The Bertz CT molecular complexity index is 942. The lowest BCUT2D eigenvalue weighted by Crippen LogP contribution is -2.38. The minimum atomic E-state index is -3.33. The summed E-state index contributed by atoms with van der Waals surface area (Å²) < 4.78 is 29.3. The summed E-state index contributed by atoms with van der Waals surface area (Å²) in [5.74, 6) is 0.591. The molecule has 1 saturated heterocycles. The van der Waals surface area contributed by atoms with E-state index in [1.165, 1.54) is 6.26 Å². The zero-order valence-corrected chi connectivity index (χ0v) is 16.9. The van der Waals surface area contributed by atoms with E-state index >= 15 is 0 Å². The molecule has 0 atom stereocenters. The Hall–Kier alpha value is -2.22. The van der Waals surface area contributed by atoms with Crippen LogP contribution in [0.4, 0.5) is 0 Å². The van der Waals surface area contributed by atoms with Crippen LogP contribution in [0.2, 0.25) is 0 Å². The number of hydrogen-bond donors (Lipinski definition) is 0. The Morgan fingerprint density at radius 2 is 1.96 bits per heavy atom. The van der Waals surface area contributed by atoms with Gasteiger partial charge in [0, 0.05) is 31.5 Å². The fraction of sp³-hybridized carbons (Fsp3) is 0.526. The van der Waals surface area contributed by atoms with Gasteiger partial charge in [-0.15, -0.1) is 0 Å². The third-order valence-corrected chi connectivity index (χ3v) is 6.16. The first-order valence-electron chi connectivity index (χ1n) is 9.10. The second kappa shape index (κ2) is 7.42. The van der Waals surface area contributed by atoms with Gasteiger partial charge in [-0.25, -0.2) is 8.42 Å². The number of rotatable bonds is 4. The molecule has 3 rings (SSSR count). The molecule has 0 spiro atoms. The molecule has 1 aliphatic heterocycles. The maximum Gasteiger partial charge on any atom is 0.259 e. The molecule has 2 aromatic rings. The van der Waals surface area contributed by atoms with E-state index in [0.29, 0.717) is 48.6 Å². The molecule has 0 saturated carbocycles. The number of carbonyl (C=O) groups is 1. The van der Waals surface area contributed by atoms with Gasteiger partial charge in [0.15, 0.2) is 9.84 Å². The van der Waals surface area contributed by atoms with E-state index in [4.69, 9.17) is 4.52 Å². The number of likely N-dealkylation sites (tertiary alicyclic amines) is 1. The summed E-state index contributed by atoms with van der Waals surface area (Å²) in [6.07, 6.45) is 4.17. The molecule has 1 fully saturated rings. The zero-order chi connectivity index (χ0) is 19.8. The monoisotopic (exact) mass is 391 g/mol. The summed E-state index contributed by atoms with van der Waals surface area (Å²) in [4.78, 5) is 19.4. The van der Waals surface area contributed by atoms with Gasteiger partial charge in [0.05, 0.1) is 16.3 Å². The Balaban J connectivity index is 1.77. The van der Waals surface area contributed by atoms with Crippen LogP contribution in [-0.2, 0) is 9.84 Å². The minimum Gasteiger partial charge on any atom is -0.361 e. The third-order valence-electron chi connectivity index (χ3n) is 5.02. The van der Waals surface area contributed by atoms with Crippen molar-refractivity contribution in [3.63, 3.8) is 0 Å². The van der Waals surface area contributed by atoms with E-state index in [-0.39, 0.29) is 22.6 Å². The molecule has 0 bridgehead atoms. The fourth-order valence-electron chi connectivity index (χ4n) is 3.58. The van der Waals surface area contributed by atoms with Gasteiger partial charge in [0.1, 0.15) is 11.3 Å². The van der Waals surface area contributed by atoms with Crippen LogP contribution in [0, 0.1) is 6.92 Å². The molecular formula is C19H25N3O4S. The average molecular weight is 391 g/mol. The lowest BCUT2D eigenvalue weighted by atomic mass is 9.92. The van der Waals surface area contributed by atoms with E-state index < -0.39 is 9.84 Å². The number of nitrogens with zero attached hydrogens (tertiary/aromatic N) is 3. The highest BCUT2D eigenvalue weighted by Gasteiger charge is 2.31. The van der Waals surface area contributed by atoms with Crippen molar-refractivity contribution in [3.05, 3.63) is 41.0 Å². The van der Waals surface area contributed by atoms with Crippen molar-refractivity contribution in [3.8, 4) is 0 Å². The Kier molecular flexibility index (Phi) is 5.37. The maximum atomic E-state index is 13.0. The predicted octanol–water partition coefficient (Wildman–Crippen LogP) is 2.92. The molecule has 3 heterocycles. The van der Waals surface area contributed by atoms with Crippen molar-refractivity contribution in [2.75, 3.05) is 19.3 Å². The molecule has 1 aliphatic rings. The standard InChI is InChI=1S/C19H25N3O4S/c1-12(2)17-16(13(3)26-21-17)19(23)22-10-7-14(8-11-22)18-15(27(4,24)25)6-5-9-20-18/h5-6,9,12,14H,7-8,10-11H2,1-4H3. The van der Waals surface area contributed by atoms with Crippen LogP contribution in [-0.4, -0.2) is 48.7 Å². The van der Waals surface area contributed by atoms with Gasteiger partial charge in [-0.1, -0.05) is 19.0 Å². The lowest BCUT2D eigenvalue weighted by Gasteiger charge is -2.32. The zero-order valence-electron chi connectivity index (χ0n) is 16.1. The topological polar surface area (TPSA) is 93.4 Å². The molecule has 0 radical (unpaired) electrons. The molecule has 0 N–H and O–H groups in total. The minimum absolute atomic E-state index is 0.0214. The summed E-state index contributed by atoms with van der Waals surface area (Å²) in [7, 11) is -3.33. The number of amides is 1. The number of pyridine rings is 1. The lowest BCUT2D eigenvalue weighted by molar-refractivity contribution is 0.0708. The van der Waals surface area contributed by atoms with Crippen molar-refractivity contribution in [2.24, 2.45) is 0 Å². The Morgan fingerprint density at radius 1 is 1.30 bits per heavy atom. The number of sulfone groups is 1. The van der Waals surface area contributed by atoms with Crippen molar-refractivity contribution in [1.29, 1.82) is 0 Å². The SMILES string of the molecule is Cc1onc(C(C)C)c1C(=O)N1CCC(c2ncccc2S(C)(=O)=O)CC1. The van der Waals surface area contributed by atoms with Crippen LogP contribution in [0.25, 0.3) is 0 Å². The van der Waals surface area contributed by atoms with Gasteiger partial charge in [-0.3, -0.25) is 9.78 Å². The van der Waals surface area contributed by atoms with E-state index in [1.54, 1.807) is 30.2 Å². The van der Waals surface area contributed by atoms with Gasteiger partial charge in [0.2, 0.25) is 0 Å². The highest BCUT2D eigenvalue weighted by molar-refractivity contribution is 7.90. The molecule has 146 valence electrons. The van der Waals surface area contributed by atoms with Crippen LogP contribution in [0.1, 0.15) is 66.0 Å². The number of carbonyl (C=O) groups excluding carboxylic acids is 1. The van der Waals surface area contributed by atoms with E-state index in [1.807, 2.05) is 13.8 Å². The first-order chi connectivity index (χ1) is 12.7. The molecule has 0 unspecified atom stereocenters. The quantitative estimate of drug-likeness (QED) is 0.795. The molecular weight excluding hydrogens is 366 g/mol. The van der Waals surface area contributed by atoms with E-state index in [0.717, 1.165) is 0 Å². The van der Waals surface area contributed by atoms with E-state index in [9.17, 15) is 13.2 Å². The van der Waals surface area contributed by atoms with Gasteiger partial charge < -0.3 is 9.42 Å². The second-order valence-corrected chi connectivity index (χ2v) is 9.36. The Morgan fingerprint density at radius 3 is 2.56 bits per heavy atom. The molecule has 0 aliphatic carbocycles. The second-order valence-electron chi connectivity index (χ2n) is 7.38. The summed E-state index contributed by atoms with van der Waals surface area (Å²) >= 11 is 0. The van der Waals surface area contributed by atoms with Crippen LogP contribution in [0.5, 0.6) is 0 Å². The van der Waals surface area contributed by atoms with Crippen LogP contribution in [0.15, 0.2) is 27.7 Å². The van der Waals surface area contributed by atoms with Gasteiger partial charge >= 0.3 is 0 Å². The van der Waals surface area contributed by atoms with Crippen molar-refractivity contribution < 1.29 is 17.7 Å². The predicted molar refractivity (Wildman–Crippen MR) is 101 cm³/mol. The summed E-state index contributed by atoms with van der Waals surface area (Å²) in [5, 5.41) is 4.03. The number of hydrogen-bond acceptors (Lipinski definition) is 6. The molecule has 7 nitrogen and oxygen atoms in total. The maximum absolute atomic E-state index is 13.0. The summed E-state index contributed by atoms with van der Waals surface area (Å²) in [5.41, 5.74) is 1.85. The summed E-state index contributed by atoms with van der Waals surface area (Å²) in [6.45, 7) is 6.81. The largest absolute Gasteiger partial charge is 0.361 e. The van der Waals surface area contributed by atoms with Crippen LogP contribution in [0.3, 0.4) is 0 Å². The third kappa shape index (κ3) is 3.90. The molecule has 27 heavy (non-hydrogen) atoms. The van der Waals surface area contributed by atoms with Gasteiger partial charge in [-0.2, -0.15) is 0 Å². The normalized spacial score (nSPS) is 16.1. The van der Waals surface area contributed by atoms with Crippen LogP contribution >= 0.6 is 0 Å².